The zero-order chi connectivity index (χ0) is 9.56. The van der Waals surface area contributed by atoms with Crippen molar-refractivity contribution in [2.75, 3.05) is 13.1 Å². The Bertz CT molecular complexity index is 132. The average molecular weight is 173 g/mol. The van der Waals surface area contributed by atoms with Gasteiger partial charge in [-0.25, -0.2) is 0 Å². The molecule has 0 bridgehead atoms. The maximum Gasteiger partial charge on any atom is 0.0848 e. The van der Waals surface area contributed by atoms with E-state index in [1.165, 1.54) is 25.9 Å². The molecule has 1 N–H and O–H groups in total. The average Bonchev–Trinajstić information content (AvgIpc) is 2.33. The van der Waals surface area contributed by atoms with Crippen molar-refractivity contribution in [3.05, 3.63) is 0 Å². The van der Waals surface area contributed by atoms with Crippen LogP contribution in [0.3, 0.4) is 0 Å². The number of aliphatic carboxylic acids is 1. The molecule has 0 aromatic carbocycles. The lowest BCUT2D eigenvalue weighted by atomic mass is 10.2. The first-order chi connectivity index (χ1) is 5.57. The minimum absolute atomic E-state index is 0.944. The summed E-state index contributed by atoms with van der Waals surface area (Å²) >= 11 is 0. The molecule has 1 aliphatic rings. The largest absolute Gasteiger partial charge is 0.550 e. The van der Waals surface area contributed by atoms with Gasteiger partial charge >= 0.3 is 0 Å². The lowest BCUT2D eigenvalue weighted by Crippen LogP contribution is -3.12. The highest BCUT2D eigenvalue weighted by atomic mass is 16.4. The summed E-state index contributed by atoms with van der Waals surface area (Å²) in [4.78, 5) is 10.7. The Morgan fingerprint density at radius 1 is 1.67 bits per heavy atom. The first kappa shape index (κ1) is 11.4. The van der Waals surface area contributed by atoms with E-state index < -0.39 is 5.97 Å². The second-order valence-electron chi connectivity index (χ2n) is 3.30. The van der Waals surface area contributed by atoms with Gasteiger partial charge in [0.2, 0.25) is 0 Å². The summed E-state index contributed by atoms with van der Waals surface area (Å²) < 4.78 is 0. The van der Waals surface area contributed by atoms with Crippen molar-refractivity contribution in [2.24, 2.45) is 0 Å². The highest BCUT2D eigenvalue weighted by Crippen LogP contribution is 1.96. The molecule has 72 valence electrons. The number of hydrogen-bond acceptors (Lipinski definition) is 2. The minimum atomic E-state index is -1.08. The van der Waals surface area contributed by atoms with Gasteiger partial charge in [-0.05, 0) is 20.8 Å². The Balaban J connectivity index is 0.000000261. The smallest absolute Gasteiger partial charge is 0.0848 e. The summed E-state index contributed by atoms with van der Waals surface area (Å²) in [5, 5.41) is 8.89. The second-order valence-corrected chi connectivity index (χ2v) is 3.30. The molecule has 1 rings (SSSR count). The highest BCUT2D eigenvalue weighted by Gasteiger charge is 2.21. The fraction of sp³-hybridized carbons (Fsp3) is 0.889. The van der Waals surface area contributed by atoms with E-state index in [4.69, 9.17) is 9.90 Å². The third-order valence-corrected chi connectivity index (χ3v) is 2.29. The van der Waals surface area contributed by atoms with Crippen LogP contribution in [0.2, 0.25) is 0 Å². The van der Waals surface area contributed by atoms with E-state index in [1.54, 1.807) is 4.90 Å². The van der Waals surface area contributed by atoms with E-state index >= 15 is 0 Å². The summed E-state index contributed by atoms with van der Waals surface area (Å²) in [5.74, 6) is -1.08. The van der Waals surface area contributed by atoms with Gasteiger partial charge in [0, 0.05) is 18.8 Å². The number of rotatable bonds is 1. The molecular formula is C9H19NO2. The van der Waals surface area contributed by atoms with Crippen molar-refractivity contribution in [1.29, 1.82) is 0 Å². The first-order valence-electron chi connectivity index (χ1n) is 4.60. The van der Waals surface area contributed by atoms with E-state index in [0.717, 1.165) is 13.0 Å². The van der Waals surface area contributed by atoms with Gasteiger partial charge in [0.15, 0.2) is 0 Å². The van der Waals surface area contributed by atoms with Gasteiger partial charge in [-0.2, -0.15) is 0 Å². The summed E-state index contributed by atoms with van der Waals surface area (Å²) in [6, 6.07) is 0.944. The molecule has 1 fully saturated rings. The number of likely N-dealkylation sites (tertiary alicyclic amines) is 1. The van der Waals surface area contributed by atoms with Gasteiger partial charge < -0.3 is 14.8 Å². The number of carbonyl (C=O) groups excluding carboxylic acids is 1. The summed E-state index contributed by atoms with van der Waals surface area (Å²) in [5.41, 5.74) is 0. The lowest BCUT2D eigenvalue weighted by Gasteiger charge is -2.14. The molecule has 1 aliphatic heterocycles. The van der Waals surface area contributed by atoms with E-state index in [9.17, 15) is 0 Å². The van der Waals surface area contributed by atoms with Crippen LogP contribution in [-0.2, 0) is 4.79 Å². The molecule has 0 amide bonds. The fourth-order valence-electron chi connectivity index (χ4n) is 1.61. The number of carbonyl (C=O) groups is 1. The maximum atomic E-state index is 8.89. The number of carboxylic acid groups (broad SMARTS) is 1. The van der Waals surface area contributed by atoms with Crippen molar-refractivity contribution < 1.29 is 14.8 Å². The van der Waals surface area contributed by atoms with Gasteiger partial charge in [0.25, 0.3) is 0 Å². The van der Waals surface area contributed by atoms with Crippen molar-refractivity contribution in [1.82, 2.24) is 0 Å². The molecule has 12 heavy (non-hydrogen) atoms. The zero-order valence-corrected chi connectivity index (χ0v) is 8.22. The molecule has 0 aliphatic carbocycles. The monoisotopic (exact) mass is 173 g/mol. The van der Waals surface area contributed by atoms with Crippen LogP contribution in [0.25, 0.3) is 0 Å². The number of nitrogens with one attached hydrogen (secondary N) is 1. The molecule has 2 atom stereocenters. The number of hydrogen-bond donors (Lipinski definition) is 1. The Morgan fingerprint density at radius 2 is 2.17 bits per heavy atom. The van der Waals surface area contributed by atoms with Crippen LogP contribution < -0.4 is 10.0 Å². The van der Waals surface area contributed by atoms with E-state index in [-0.39, 0.29) is 0 Å². The summed E-state index contributed by atoms with van der Waals surface area (Å²) in [6.45, 7) is 8.34. The molecule has 1 heterocycles. The zero-order valence-electron chi connectivity index (χ0n) is 8.22. The Labute approximate surface area is 74.4 Å². The van der Waals surface area contributed by atoms with Gasteiger partial charge in [-0.15, -0.1) is 0 Å². The van der Waals surface area contributed by atoms with E-state index in [0.29, 0.717) is 0 Å². The number of carboxylic acids is 1. The van der Waals surface area contributed by atoms with Crippen LogP contribution in [0.1, 0.15) is 33.6 Å². The Morgan fingerprint density at radius 3 is 2.33 bits per heavy atom. The Kier molecular flexibility index (Phi) is 5.72. The second kappa shape index (κ2) is 6.00. The standard InChI is InChI=1S/C7H15N.C2H4O2/c1-3-8-6-4-5-7(8)2;1-2(3)4/h7H,3-6H2,1-2H3;1H3,(H,3,4). The van der Waals surface area contributed by atoms with Crippen LogP contribution in [0.4, 0.5) is 0 Å². The van der Waals surface area contributed by atoms with E-state index in [2.05, 4.69) is 13.8 Å². The highest BCUT2D eigenvalue weighted by molar-refractivity contribution is 5.60. The molecule has 0 aromatic rings. The molecular weight excluding hydrogens is 154 g/mol. The molecule has 0 aromatic heterocycles. The van der Waals surface area contributed by atoms with Crippen LogP contribution in [-0.4, -0.2) is 25.1 Å². The fourth-order valence-corrected chi connectivity index (χ4v) is 1.61. The maximum absolute atomic E-state index is 8.89. The lowest BCUT2D eigenvalue weighted by molar-refractivity contribution is -0.908. The molecule has 0 spiro atoms. The first-order valence-corrected chi connectivity index (χ1v) is 4.60. The third-order valence-electron chi connectivity index (χ3n) is 2.29. The topological polar surface area (TPSA) is 44.6 Å². The van der Waals surface area contributed by atoms with Gasteiger partial charge in [0.1, 0.15) is 0 Å². The minimum Gasteiger partial charge on any atom is -0.550 e. The van der Waals surface area contributed by atoms with Crippen molar-refractivity contribution in [3.8, 4) is 0 Å². The Hall–Kier alpha value is -0.570. The SMILES string of the molecule is CC(=O)[O-].CC[NH+]1CCCC1C. The van der Waals surface area contributed by atoms with Crippen molar-refractivity contribution >= 4 is 5.97 Å². The quantitative estimate of drug-likeness (QED) is 0.543. The molecule has 0 saturated carbocycles. The van der Waals surface area contributed by atoms with Gasteiger partial charge in [-0.3, -0.25) is 0 Å². The molecule has 1 saturated heterocycles. The van der Waals surface area contributed by atoms with Crippen LogP contribution in [0.5, 0.6) is 0 Å². The third kappa shape index (κ3) is 5.13. The molecule has 3 heteroatoms. The summed E-state index contributed by atoms with van der Waals surface area (Å²) in [6.07, 6.45) is 2.90. The summed E-state index contributed by atoms with van der Waals surface area (Å²) in [7, 11) is 0. The molecule has 0 radical (unpaired) electrons. The molecule has 2 unspecified atom stereocenters. The van der Waals surface area contributed by atoms with Crippen molar-refractivity contribution in [3.63, 3.8) is 0 Å². The predicted molar refractivity (Wildman–Crippen MR) is 45.7 cm³/mol. The predicted octanol–water partition coefficient (Wildman–Crippen LogP) is -1.17. The van der Waals surface area contributed by atoms with Crippen LogP contribution in [0, 0.1) is 0 Å². The number of quaternary nitrogens is 1. The van der Waals surface area contributed by atoms with Crippen molar-refractivity contribution in [2.45, 2.75) is 39.7 Å². The van der Waals surface area contributed by atoms with Gasteiger partial charge in [-0.1, -0.05) is 0 Å². The van der Waals surface area contributed by atoms with Crippen LogP contribution in [0.15, 0.2) is 0 Å². The van der Waals surface area contributed by atoms with Gasteiger partial charge in [0.05, 0.1) is 19.1 Å². The normalized spacial score (nSPS) is 27.6. The van der Waals surface area contributed by atoms with E-state index in [1.807, 2.05) is 0 Å². The molecule has 3 nitrogen and oxygen atoms in total. The van der Waals surface area contributed by atoms with Crippen LogP contribution >= 0.6 is 0 Å².